The van der Waals surface area contributed by atoms with E-state index in [0.717, 1.165) is 13.1 Å². The van der Waals surface area contributed by atoms with Gasteiger partial charge < -0.3 is 15.4 Å². The molecule has 74 valence electrons. The lowest BCUT2D eigenvalue weighted by molar-refractivity contribution is -0.121. The number of carbonyl (C=O) groups excluding carboxylic acids is 1. The summed E-state index contributed by atoms with van der Waals surface area (Å²) in [6.07, 6.45) is 2.06. The van der Waals surface area contributed by atoms with Gasteiger partial charge in [0.25, 0.3) is 0 Å². The monoisotopic (exact) mass is 184 g/mol. The van der Waals surface area contributed by atoms with Crippen LogP contribution in [0.5, 0.6) is 0 Å². The van der Waals surface area contributed by atoms with E-state index in [1.165, 1.54) is 0 Å². The predicted octanol–water partition coefficient (Wildman–Crippen LogP) is -0.334. The van der Waals surface area contributed by atoms with E-state index in [9.17, 15) is 4.79 Å². The Morgan fingerprint density at radius 1 is 1.77 bits per heavy atom. The van der Waals surface area contributed by atoms with Crippen molar-refractivity contribution in [2.24, 2.45) is 0 Å². The van der Waals surface area contributed by atoms with E-state index in [1.807, 2.05) is 0 Å². The van der Waals surface area contributed by atoms with E-state index in [4.69, 9.17) is 4.74 Å². The first-order chi connectivity index (χ1) is 6.27. The average Bonchev–Trinajstić information content (AvgIpc) is 2.52. The summed E-state index contributed by atoms with van der Waals surface area (Å²) in [6, 6.07) is 0.0949. The van der Waals surface area contributed by atoms with Gasteiger partial charge in [-0.05, 0) is 0 Å². The Morgan fingerprint density at radius 3 is 3.15 bits per heavy atom. The molecule has 0 saturated carbocycles. The average molecular weight is 184 g/mol. The standard InChI is InChI=1S/C9H16N2O2/c1-3-4-9(12)11-7-5-10-6-8(7)13-2/h3,7-8,10H,1,4-6H2,2H3,(H,11,12)/t7?,8-/m0/s1. The zero-order chi connectivity index (χ0) is 9.68. The minimum absolute atomic E-state index is 0.00532. The van der Waals surface area contributed by atoms with Gasteiger partial charge in [0.1, 0.15) is 0 Å². The van der Waals surface area contributed by atoms with Gasteiger partial charge in [-0.3, -0.25) is 4.79 Å². The fraction of sp³-hybridized carbons (Fsp3) is 0.667. The molecule has 0 aromatic heterocycles. The molecule has 1 heterocycles. The highest BCUT2D eigenvalue weighted by Gasteiger charge is 2.27. The van der Waals surface area contributed by atoms with Crippen LogP contribution in [0.3, 0.4) is 0 Å². The molecule has 0 bridgehead atoms. The third-order valence-electron chi connectivity index (χ3n) is 2.14. The second-order valence-corrected chi connectivity index (χ2v) is 3.10. The van der Waals surface area contributed by atoms with Gasteiger partial charge in [-0.25, -0.2) is 0 Å². The smallest absolute Gasteiger partial charge is 0.224 e. The molecule has 4 heteroatoms. The molecule has 4 nitrogen and oxygen atoms in total. The molecule has 1 amide bonds. The van der Waals surface area contributed by atoms with E-state index in [2.05, 4.69) is 17.2 Å². The molecule has 0 aromatic rings. The topological polar surface area (TPSA) is 50.4 Å². The molecule has 1 rings (SSSR count). The first kappa shape index (κ1) is 10.2. The van der Waals surface area contributed by atoms with Crippen LogP contribution in [0.1, 0.15) is 6.42 Å². The molecule has 1 aliphatic heterocycles. The Bertz CT molecular complexity index is 194. The number of ether oxygens (including phenoxy) is 1. The lowest BCUT2D eigenvalue weighted by Gasteiger charge is -2.17. The van der Waals surface area contributed by atoms with Crippen molar-refractivity contribution in [1.82, 2.24) is 10.6 Å². The van der Waals surface area contributed by atoms with Crippen LogP contribution in [0.25, 0.3) is 0 Å². The number of nitrogens with one attached hydrogen (secondary N) is 2. The molecule has 1 fully saturated rings. The largest absolute Gasteiger partial charge is 0.378 e. The third kappa shape index (κ3) is 2.82. The Morgan fingerprint density at radius 2 is 2.54 bits per heavy atom. The maximum atomic E-state index is 11.2. The Balaban J connectivity index is 2.34. The second-order valence-electron chi connectivity index (χ2n) is 3.10. The quantitative estimate of drug-likeness (QED) is 0.588. The number of methoxy groups -OCH3 is 1. The zero-order valence-electron chi connectivity index (χ0n) is 7.88. The fourth-order valence-corrected chi connectivity index (χ4v) is 1.44. The van der Waals surface area contributed by atoms with Gasteiger partial charge in [0.15, 0.2) is 0 Å². The van der Waals surface area contributed by atoms with E-state index in [1.54, 1.807) is 13.2 Å². The lowest BCUT2D eigenvalue weighted by atomic mass is 10.2. The third-order valence-corrected chi connectivity index (χ3v) is 2.14. The normalized spacial score (nSPS) is 27.2. The van der Waals surface area contributed by atoms with Crippen LogP contribution in [0.4, 0.5) is 0 Å². The number of carbonyl (C=O) groups is 1. The van der Waals surface area contributed by atoms with Gasteiger partial charge in [0.2, 0.25) is 5.91 Å². The van der Waals surface area contributed by atoms with Crippen molar-refractivity contribution in [2.45, 2.75) is 18.6 Å². The van der Waals surface area contributed by atoms with Gasteiger partial charge in [-0.15, -0.1) is 6.58 Å². The van der Waals surface area contributed by atoms with Gasteiger partial charge in [-0.1, -0.05) is 6.08 Å². The number of hydrogen-bond donors (Lipinski definition) is 2. The van der Waals surface area contributed by atoms with Crippen LogP contribution >= 0.6 is 0 Å². The Kier molecular flexibility index (Phi) is 3.92. The van der Waals surface area contributed by atoms with E-state index in [0.29, 0.717) is 6.42 Å². The zero-order valence-corrected chi connectivity index (χ0v) is 7.88. The molecule has 1 saturated heterocycles. The van der Waals surface area contributed by atoms with Crippen molar-refractivity contribution in [3.63, 3.8) is 0 Å². The summed E-state index contributed by atoms with van der Waals surface area (Å²) in [4.78, 5) is 11.2. The maximum absolute atomic E-state index is 11.2. The van der Waals surface area contributed by atoms with Crippen LogP contribution in [-0.2, 0) is 9.53 Å². The Labute approximate surface area is 78.3 Å². The molecule has 0 aromatic carbocycles. The molecular formula is C9H16N2O2. The van der Waals surface area contributed by atoms with Crippen molar-refractivity contribution < 1.29 is 9.53 Å². The van der Waals surface area contributed by atoms with Crippen molar-refractivity contribution >= 4 is 5.91 Å². The highest BCUT2D eigenvalue weighted by atomic mass is 16.5. The molecule has 2 atom stereocenters. The van der Waals surface area contributed by atoms with Gasteiger partial charge in [0, 0.05) is 26.6 Å². The summed E-state index contributed by atoms with van der Waals surface area (Å²) in [5.74, 6) is 0.00532. The van der Waals surface area contributed by atoms with Crippen LogP contribution in [0.15, 0.2) is 12.7 Å². The molecule has 1 unspecified atom stereocenters. The minimum Gasteiger partial charge on any atom is -0.378 e. The molecule has 0 radical (unpaired) electrons. The molecule has 1 aliphatic rings. The summed E-state index contributed by atoms with van der Waals surface area (Å²) in [5, 5.41) is 6.04. The van der Waals surface area contributed by atoms with Gasteiger partial charge in [-0.2, -0.15) is 0 Å². The molecule has 0 aliphatic carbocycles. The van der Waals surface area contributed by atoms with Crippen molar-refractivity contribution in [3.8, 4) is 0 Å². The number of hydrogen-bond acceptors (Lipinski definition) is 3. The summed E-state index contributed by atoms with van der Waals surface area (Å²) in [6.45, 7) is 5.09. The fourth-order valence-electron chi connectivity index (χ4n) is 1.44. The summed E-state index contributed by atoms with van der Waals surface area (Å²) in [5.41, 5.74) is 0. The highest BCUT2D eigenvalue weighted by Crippen LogP contribution is 2.03. The Hall–Kier alpha value is -0.870. The molecule has 13 heavy (non-hydrogen) atoms. The number of amides is 1. The summed E-state index contributed by atoms with van der Waals surface area (Å²) < 4.78 is 5.20. The van der Waals surface area contributed by atoms with Crippen molar-refractivity contribution in [3.05, 3.63) is 12.7 Å². The maximum Gasteiger partial charge on any atom is 0.224 e. The van der Waals surface area contributed by atoms with E-state index < -0.39 is 0 Å². The minimum atomic E-state index is 0.00532. The first-order valence-corrected chi connectivity index (χ1v) is 4.41. The molecule has 2 N–H and O–H groups in total. The van der Waals surface area contributed by atoms with Crippen LogP contribution in [0, 0.1) is 0 Å². The lowest BCUT2D eigenvalue weighted by Crippen LogP contribution is -2.43. The SMILES string of the molecule is C=CCC(=O)NC1CNC[C@@H]1OC. The van der Waals surface area contributed by atoms with Gasteiger partial charge in [0.05, 0.1) is 12.1 Å². The second kappa shape index (κ2) is 4.99. The van der Waals surface area contributed by atoms with Crippen molar-refractivity contribution in [2.75, 3.05) is 20.2 Å². The number of rotatable bonds is 4. The van der Waals surface area contributed by atoms with Crippen LogP contribution < -0.4 is 10.6 Å². The molecular weight excluding hydrogens is 168 g/mol. The van der Waals surface area contributed by atoms with Crippen LogP contribution in [-0.4, -0.2) is 38.3 Å². The predicted molar refractivity (Wildman–Crippen MR) is 50.4 cm³/mol. The highest BCUT2D eigenvalue weighted by molar-refractivity contribution is 5.77. The summed E-state index contributed by atoms with van der Waals surface area (Å²) in [7, 11) is 1.66. The summed E-state index contributed by atoms with van der Waals surface area (Å²) >= 11 is 0. The first-order valence-electron chi connectivity index (χ1n) is 4.41. The van der Waals surface area contributed by atoms with E-state index >= 15 is 0 Å². The molecule has 0 spiro atoms. The van der Waals surface area contributed by atoms with Gasteiger partial charge >= 0.3 is 0 Å². The van der Waals surface area contributed by atoms with Crippen LogP contribution in [0.2, 0.25) is 0 Å². The van der Waals surface area contributed by atoms with Crippen molar-refractivity contribution in [1.29, 1.82) is 0 Å². The van der Waals surface area contributed by atoms with E-state index in [-0.39, 0.29) is 18.1 Å².